The third-order valence-corrected chi connectivity index (χ3v) is 4.12. The molecule has 2 heteroatoms. The zero-order chi connectivity index (χ0) is 12.3. The van der Waals surface area contributed by atoms with Gasteiger partial charge >= 0.3 is 0 Å². The van der Waals surface area contributed by atoms with Gasteiger partial charge in [0.15, 0.2) is 0 Å². The topological polar surface area (TPSA) is 17.1 Å². The highest BCUT2D eigenvalue weighted by molar-refractivity contribution is 6.25. The first-order valence-electron chi connectivity index (χ1n) is 6.13. The number of hydrogen-bond acceptors (Lipinski definition) is 1. The molecule has 0 heterocycles. The maximum atomic E-state index is 11.8. The molecule has 1 aliphatic carbocycles. The lowest BCUT2D eigenvalue weighted by molar-refractivity contribution is -0.126. The average Bonchev–Trinajstić information content (AvgIpc) is 2.19. The standard InChI is InChI=1S/C14H23ClO/c1-10(9-15)7-11-8-12(14(2,3)4)5-6-13(11)16/h9,11-12H,5-8H2,1-4H3. The SMILES string of the molecule is CC(=CCl)CC1CC(C(C)(C)C)CCC1=O. The first kappa shape index (κ1) is 13.8. The molecular weight excluding hydrogens is 220 g/mol. The lowest BCUT2D eigenvalue weighted by Gasteiger charge is -2.37. The van der Waals surface area contributed by atoms with Gasteiger partial charge in [-0.05, 0) is 37.5 Å². The number of allylic oxidation sites excluding steroid dienone is 1. The van der Waals surface area contributed by atoms with Gasteiger partial charge in [-0.2, -0.15) is 0 Å². The van der Waals surface area contributed by atoms with Crippen LogP contribution in [0.3, 0.4) is 0 Å². The van der Waals surface area contributed by atoms with E-state index in [0.29, 0.717) is 17.1 Å². The predicted molar refractivity (Wildman–Crippen MR) is 69.5 cm³/mol. The van der Waals surface area contributed by atoms with Gasteiger partial charge < -0.3 is 0 Å². The van der Waals surface area contributed by atoms with Crippen LogP contribution >= 0.6 is 11.6 Å². The van der Waals surface area contributed by atoms with Crippen molar-refractivity contribution in [3.8, 4) is 0 Å². The minimum Gasteiger partial charge on any atom is -0.299 e. The average molecular weight is 243 g/mol. The molecule has 0 aromatic carbocycles. The third kappa shape index (κ3) is 3.62. The lowest BCUT2D eigenvalue weighted by Crippen LogP contribution is -2.32. The van der Waals surface area contributed by atoms with E-state index in [4.69, 9.17) is 11.6 Å². The van der Waals surface area contributed by atoms with E-state index >= 15 is 0 Å². The van der Waals surface area contributed by atoms with Gasteiger partial charge in [0.1, 0.15) is 5.78 Å². The fraction of sp³-hybridized carbons (Fsp3) is 0.786. The van der Waals surface area contributed by atoms with Crippen molar-refractivity contribution in [2.45, 2.75) is 53.4 Å². The maximum absolute atomic E-state index is 11.8. The summed E-state index contributed by atoms with van der Waals surface area (Å²) < 4.78 is 0. The van der Waals surface area contributed by atoms with Crippen LogP contribution in [0.2, 0.25) is 0 Å². The fourth-order valence-corrected chi connectivity index (χ4v) is 2.62. The number of carbonyl (C=O) groups excluding carboxylic acids is 1. The highest BCUT2D eigenvalue weighted by Gasteiger charge is 2.34. The smallest absolute Gasteiger partial charge is 0.136 e. The minimum atomic E-state index is 0.202. The van der Waals surface area contributed by atoms with Crippen LogP contribution in [0.4, 0.5) is 0 Å². The number of Topliss-reactive ketones (excluding diaryl/α,β-unsaturated/α-hetero) is 1. The first-order valence-corrected chi connectivity index (χ1v) is 6.56. The van der Waals surface area contributed by atoms with E-state index in [0.717, 1.165) is 31.3 Å². The van der Waals surface area contributed by atoms with E-state index in [1.54, 1.807) is 5.54 Å². The molecule has 1 nitrogen and oxygen atoms in total. The number of rotatable bonds is 2. The van der Waals surface area contributed by atoms with Gasteiger partial charge in [-0.1, -0.05) is 37.9 Å². The van der Waals surface area contributed by atoms with Crippen LogP contribution in [0.25, 0.3) is 0 Å². The Morgan fingerprint density at radius 2 is 2.12 bits per heavy atom. The summed E-state index contributed by atoms with van der Waals surface area (Å²) in [5.74, 6) is 1.30. The van der Waals surface area contributed by atoms with Crippen molar-refractivity contribution < 1.29 is 4.79 Å². The molecule has 0 aromatic heterocycles. The Hall–Kier alpha value is -0.300. The van der Waals surface area contributed by atoms with Crippen LogP contribution in [0.1, 0.15) is 53.4 Å². The van der Waals surface area contributed by atoms with Crippen LogP contribution in [-0.4, -0.2) is 5.78 Å². The zero-order valence-corrected chi connectivity index (χ0v) is 11.6. The van der Waals surface area contributed by atoms with Crippen LogP contribution in [-0.2, 0) is 4.79 Å². The molecule has 1 saturated carbocycles. The van der Waals surface area contributed by atoms with E-state index in [1.165, 1.54) is 0 Å². The molecule has 1 rings (SSSR count). The van der Waals surface area contributed by atoms with Crippen molar-refractivity contribution in [3.63, 3.8) is 0 Å². The quantitative estimate of drug-likeness (QED) is 0.694. The van der Waals surface area contributed by atoms with E-state index in [-0.39, 0.29) is 5.92 Å². The van der Waals surface area contributed by atoms with Gasteiger partial charge in [0.05, 0.1) is 0 Å². The Bertz CT molecular complexity index is 286. The highest BCUT2D eigenvalue weighted by Crippen LogP contribution is 2.40. The summed E-state index contributed by atoms with van der Waals surface area (Å²) in [5, 5.41) is 0. The van der Waals surface area contributed by atoms with Crippen LogP contribution in [0.15, 0.2) is 11.1 Å². The lowest BCUT2D eigenvalue weighted by atomic mass is 9.68. The van der Waals surface area contributed by atoms with Gasteiger partial charge in [0.25, 0.3) is 0 Å². The van der Waals surface area contributed by atoms with Crippen molar-refractivity contribution in [1.82, 2.24) is 0 Å². The molecule has 0 radical (unpaired) electrons. The van der Waals surface area contributed by atoms with Gasteiger partial charge in [-0.15, -0.1) is 0 Å². The van der Waals surface area contributed by atoms with Crippen LogP contribution in [0.5, 0.6) is 0 Å². The van der Waals surface area contributed by atoms with Crippen LogP contribution in [0, 0.1) is 17.3 Å². The Kier molecular flexibility index (Phi) is 4.61. The molecule has 0 bridgehead atoms. The molecule has 2 atom stereocenters. The van der Waals surface area contributed by atoms with Crippen LogP contribution < -0.4 is 0 Å². The zero-order valence-electron chi connectivity index (χ0n) is 10.8. The molecule has 1 aliphatic rings. The van der Waals surface area contributed by atoms with Gasteiger partial charge in [-0.3, -0.25) is 4.79 Å². The van der Waals surface area contributed by atoms with E-state index in [1.807, 2.05) is 6.92 Å². The Morgan fingerprint density at radius 1 is 1.50 bits per heavy atom. The summed E-state index contributed by atoms with van der Waals surface area (Å²) >= 11 is 5.67. The fourth-order valence-electron chi connectivity index (χ4n) is 2.53. The summed E-state index contributed by atoms with van der Waals surface area (Å²) in [5.41, 5.74) is 3.04. The maximum Gasteiger partial charge on any atom is 0.136 e. The molecule has 0 amide bonds. The summed E-state index contributed by atoms with van der Waals surface area (Å²) in [6, 6.07) is 0. The second-order valence-electron chi connectivity index (χ2n) is 6.16. The van der Waals surface area contributed by atoms with Gasteiger partial charge in [0.2, 0.25) is 0 Å². The second kappa shape index (κ2) is 5.35. The van der Waals surface area contributed by atoms with E-state index < -0.39 is 0 Å². The molecule has 0 aliphatic heterocycles. The molecule has 92 valence electrons. The summed E-state index contributed by atoms with van der Waals surface area (Å²) in [4.78, 5) is 11.8. The van der Waals surface area contributed by atoms with Gasteiger partial charge in [0, 0.05) is 17.9 Å². The second-order valence-corrected chi connectivity index (χ2v) is 6.38. The largest absolute Gasteiger partial charge is 0.299 e. The number of hydrogen-bond donors (Lipinski definition) is 0. The number of carbonyl (C=O) groups is 1. The summed E-state index contributed by atoms with van der Waals surface area (Å²) in [6.45, 7) is 8.82. The molecule has 1 fully saturated rings. The van der Waals surface area contributed by atoms with E-state index in [2.05, 4.69) is 20.8 Å². The van der Waals surface area contributed by atoms with Crippen molar-refractivity contribution in [2.75, 3.05) is 0 Å². The highest BCUT2D eigenvalue weighted by atomic mass is 35.5. The molecule has 0 spiro atoms. The third-order valence-electron chi connectivity index (χ3n) is 3.74. The molecule has 16 heavy (non-hydrogen) atoms. The molecule has 0 N–H and O–H groups in total. The number of ketones is 1. The molecule has 0 saturated heterocycles. The minimum absolute atomic E-state index is 0.202. The summed E-state index contributed by atoms with van der Waals surface area (Å²) in [6.07, 6.45) is 3.68. The molecule has 2 unspecified atom stereocenters. The summed E-state index contributed by atoms with van der Waals surface area (Å²) in [7, 11) is 0. The van der Waals surface area contributed by atoms with Crippen molar-refractivity contribution in [1.29, 1.82) is 0 Å². The monoisotopic (exact) mass is 242 g/mol. The Labute approximate surface area is 104 Å². The van der Waals surface area contributed by atoms with E-state index in [9.17, 15) is 4.79 Å². The first-order chi connectivity index (χ1) is 7.34. The van der Waals surface area contributed by atoms with Crippen molar-refractivity contribution in [2.24, 2.45) is 17.3 Å². The van der Waals surface area contributed by atoms with Crippen molar-refractivity contribution in [3.05, 3.63) is 11.1 Å². The normalized spacial score (nSPS) is 28.3. The molecular formula is C14H23ClO. The Morgan fingerprint density at radius 3 is 2.62 bits per heavy atom. The van der Waals surface area contributed by atoms with Crippen molar-refractivity contribution >= 4 is 17.4 Å². The molecule has 0 aromatic rings. The predicted octanol–water partition coefficient (Wildman–Crippen LogP) is 4.55. The Balaban J connectivity index is 2.66. The number of halogens is 1. The van der Waals surface area contributed by atoms with Gasteiger partial charge in [-0.25, -0.2) is 0 Å².